The SMILES string of the molecule is COCNCNOSc1nc(N)nc(Nc2cc(S(=O)(=O)OC)cc(S(=O)(=O)OC)c2)n1. The fourth-order valence-electron chi connectivity index (χ4n) is 2.02. The first-order valence-corrected chi connectivity index (χ1v) is 12.0. The first-order valence-electron chi connectivity index (χ1n) is 8.42. The number of aromatic nitrogens is 3. The molecule has 0 unspecified atom stereocenters. The van der Waals surface area contributed by atoms with Crippen molar-refractivity contribution in [2.75, 3.05) is 45.8 Å². The highest BCUT2D eigenvalue weighted by Gasteiger charge is 2.22. The molecule has 1 aromatic carbocycles. The number of rotatable bonds is 13. The molecule has 0 saturated carbocycles. The highest BCUT2D eigenvalue weighted by molar-refractivity contribution is 7.94. The summed E-state index contributed by atoms with van der Waals surface area (Å²) in [4.78, 5) is 11.0. The standard InChI is InChI=1S/C14H21N7O8S3/c1-26-8-16-7-17-29-30-14-20-12(15)19-13(21-14)18-9-4-10(31(22,23)27-2)6-11(5-9)32(24,25)28-3/h4-6,16-17H,7-8H2,1-3H3,(H3,15,18,19,20,21). The van der Waals surface area contributed by atoms with Crippen molar-refractivity contribution in [2.45, 2.75) is 14.9 Å². The van der Waals surface area contributed by atoms with Crippen molar-refractivity contribution >= 4 is 49.9 Å². The van der Waals surface area contributed by atoms with Gasteiger partial charge >= 0.3 is 0 Å². The minimum Gasteiger partial charge on any atom is -0.370 e. The molecule has 1 heterocycles. The van der Waals surface area contributed by atoms with Crippen molar-refractivity contribution in [3.63, 3.8) is 0 Å². The van der Waals surface area contributed by atoms with Gasteiger partial charge in [0, 0.05) is 12.8 Å². The lowest BCUT2D eigenvalue weighted by molar-refractivity contribution is 0.148. The Morgan fingerprint density at radius 3 is 2.16 bits per heavy atom. The topological polar surface area (TPSA) is 206 Å². The maximum Gasteiger partial charge on any atom is 0.296 e. The number of hydroxylamine groups is 1. The smallest absolute Gasteiger partial charge is 0.296 e. The quantitative estimate of drug-likeness (QED) is 0.0882. The molecule has 0 aliphatic rings. The van der Waals surface area contributed by atoms with Gasteiger partial charge in [0.25, 0.3) is 20.2 Å². The summed E-state index contributed by atoms with van der Waals surface area (Å²) in [5.74, 6) is -0.273. The summed E-state index contributed by atoms with van der Waals surface area (Å²) >= 11 is 0.733. The Kier molecular flexibility index (Phi) is 9.48. The Labute approximate surface area is 188 Å². The number of hydrogen-bond donors (Lipinski definition) is 4. The highest BCUT2D eigenvalue weighted by atomic mass is 32.2. The van der Waals surface area contributed by atoms with Crippen LogP contribution in [0.15, 0.2) is 33.1 Å². The molecule has 18 heteroatoms. The van der Waals surface area contributed by atoms with Gasteiger partial charge in [-0.2, -0.15) is 37.3 Å². The Bertz CT molecular complexity index is 1080. The number of hydrogen-bond acceptors (Lipinski definition) is 16. The van der Waals surface area contributed by atoms with E-state index in [0.717, 1.165) is 44.5 Å². The zero-order valence-corrected chi connectivity index (χ0v) is 19.5. The molecule has 0 spiro atoms. The monoisotopic (exact) mass is 511 g/mol. The third-order valence-corrected chi connectivity index (χ3v) is 6.44. The number of nitrogen functional groups attached to an aromatic ring is 1. The fraction of sp³-hybridized carbons (Fsp3) is 0.357. The highest BCUT2D eigenvalue weighted by Crippen LogP contribution is 2.26. The normalized spacial score (nSPS) is 12.1. The van der Waals surface area contributed by atoms with E-state index >= 15 is 0 Å². The number of benzene rings is 1. The Hall–Kier alpha value is -2.16. The molecule has 0 aliphatic carbocycles. The Balaban J connectivity index is 2.28. The number of nitrogens with one attached hydrogen (secondary N) is 3. The van der Waals surface area contributed by atoms with Crippen LogP contribution in [-0.2, 0) is 37.6 Å². The lowest BCUT2D eigenvalue weighted by Crippen LogP contribution is -2.28. The lowest BCUT2D eigenvalue weighted by atomic mass is 10.3. The van der Waals surface area contributed by atoms with E-state index in [1.54, 1.807) is 0 Å². The van der Waals surface area contributed by atoms with Crippen LogP contribution < -0.4 is 21.8 Å². The molecule has 1 aromatic heterocycles. The van der Waals surface area contributed by atoms with E-state index in [4.69, 9.17) is 14.8 Å². The molecule has 32 heavy (non-hydrogen) atoms. The van der Waals surface area contributed by atoms with Gasteiger partial charge in [-0.3, -0.25) is 13.7 Å². The van der Waals surface area contributed by atoms with E-state index in [1.807, 2.05) is 0 Å². The molecule has 5 N–H and O–H groups in total. The maximum absolute atomic E-state index is 12.1. The van der Waals surface area contributed by atoms with Crippen LogP contribution >= 0.6 is 12.0 Å². The predicted molar refractivity (Wildman–Crippen MR) is 112 cm³/mol. The molecule has 0 bridgehead atoms. The van der Waals surface area contributed by atoms with E-state index in [0.29, 0.717) is 6.73 Å². The predicted octanol–water partition coefficient (Wildman–Crippen LogP) is -0.453. The second kappa shape index (κ2) is 11.6. The molecule has 0 amide bonds. The van der Waals surface area contributed by atoms with E-state index < -0.39 is 30.0 Å². The second-order valence-electron chi connectivity index (χ2n) is 5.53. The summed E-state index contributed by atoms with van der Waals surface area (Å²) in [5.41, 5.74) is 8.24. The molecule has 0 saturated heterocycles. The van der Waals surface area contributed by atoms with Crippen molar-refractivity contribution in [3.8, 4) is 0 Å². The van der Waals surface area contributed by atoms with Crippen molar-refractivity contribution < 1.29 is 34.2 Å². The molecule has 2 rings (SSSR count). The van der Waals surface area contributed by atoms with E-state index in [2.05, 4.69) is 39.4 Å². The van der Waals surface area contributed by atoms with Crippen LogP contribution in [0.3, 0.4) is 0 Å². The molecule has 0 fully saturated rings. The van der Waals surface area contributed by atoms with Crippen LogP contribution in [0, 0.1) is 0 Å². The Morgan fingerprint density at radius 1 is 0.969 bits per heavy atom. The van der Waals surface area contributed by atoms with Gasteiger partial charge in [0.05, 0.1) is 49.5 Å². The molecular weight excluding hydrogens is 490 g/mol. The zero-order valence-electron chi connectivity index (χ0n) is 17.1. The molecule has 0 aliphatic heterocycles. The van der Waals surface area contributed by atoms with Gasteiger partial charge in [0.15, 0.2) is 0 Å². The molecule has 178 valence electrons. The third-order valence-electron chi connectivity index (χ3n) is 3.40. The maximum atomic E-state index is 12.1. The number of nitrogens with two attached hydrogens (primary N) is 1. The van der Waals surface area contributed by atoms with Crippen LogP contribution in [-0.4, -0.2) is 66.5 Å². The van der Waals surface area contributed by atoms with Crippen LogP contribution in [0.2, 0.25) is 0 Å². The van der Waals surface area contributed by atoms with E-state index in [9.17, 15) is 16.8 Å². The fourth-order valence-corrected chi connectivity index (χ4v) is 4.01. The van der Waals surface area contributed by atoms with Gasteiger partial charge in [-0.1, -0.05) is 0 Å². The number of ether oxygens (including phenoxy) is 1. The molecule has 2 aromatic rings. The first-order chi connectivity index (χ1) is 15.1. The number of methoxy groups -OCH3 is 1. The minimum atomic E-state index is -4.23. The summed E-state index contributed by atoms with van der Waals surface area (Å²) in [6, 6.07) is 3.14. The van der Waals surface area contributed by atoms with E-state index in [1.165, 1.54) is 7.11 Å². The van der Waals surface area contributed by atoms with E-state index in [-0.39, 0.29) is 29.4 Å². The van der Waals surface area contributed by atoms with Gasteiger partial charge in [0.1, 0.15) is 0 Å². The van der Waals surface area contributed by atoms with Gasteiger partial charge in [0.2, 0.25) is 17.1 Å². The molecule has 0 atom stereocenters. The van der Waals surface area contributed by atoms with Crippen LogP contribution in [0.4, 0.5) is 17.6 Å². The van der Waals surface area contributed by atoms with Crippen molar-refractivity contribution in [1.29, 1.82) is 0 Å². The molecular formula is C14H21N7O8S3. The average molecular weight is 512 g/mol. The van der Waals surface area contributed by atoms with Gasteiger partial charge in [-0.25, -0.2) is 4.28 Å². The second-order valence-corrected chi connectivity index (χ2v) is 9.65. The summed E-state index contributed by atoms with van der Waals surface area (Å²) in [5, 5.41) is 5.58. The number of nitrogens with zero attached hydrogens (tertiary/aromatic N) is 3. The lowest BCUT2D eigenvalue weighted by Gasteiger charge is -2.11. The summed E-state index contributed by atoms with van der Waals surface area (Å²) in [7, 11) is -5.05. The third kappa shape index (κ3) is 7.46. The van der Waals surface area contributed by atoms with Gasteiger partial charge < -0.3 is 15.8 Å². The van der Waals surface area contributed by atoms with Gasteiger partial charge in [-0.15, -0.1) is 0 Å². The van der Waals surface area contributed by atoms with Gasteiger partial charge in [-0.05, 0) is 18.2 Å². The number of anilines is 3. The largest absolute Gasteiger partial charge is 0.370 e. The first kappa shape index (κ1) is 26.1. The van der Waals surface area contributed by atoms with Crippen molar-refractivity contribution in [3.05, 3.63) is 18.2 Å². The Morgan fingerprint density at radius 2 is 1.59 bits per heavy atom. The molecule has 0 radical (unpaired) electrons. The van der Waals surface area contributed by atoms with Crippen LogP contribution in [0.1, 0.15) is 0 Å². The average Bonchev–Trinajstić information content (AvgIpc) is 2.75. The van der Waals surface area contributed by atoms with Crippen LogP contribution in [0.25, 0.3) is 0 Å². The minimum absolute atomic E-state index is 0.00288. The van der Waals surface area contributed by atoms with Crippen molar-refractivity contribution in [2.24, 2.45) is 0 Å². The molecule has 15 nitrogen and oxygen atoms in total. The zero-order chi connectivity index (χ0) is 23.8. The summed E-state index contributed by atoms with van der Waals surface area (Å²) in [6.45, 7) is 0.580. The summed E-state index contributed by atoms with van der Waals surface area (Å²) in [6.07, 6.45) is 0. The van der Waals surface area contributed by atoms with Crippen LogP contribution in [0.5, 0.6) is 0 Å². The summed E-state index contributed by atoms with van der Waals surface area (Å²) < 4.78 is 67.2. The van der Waals surface area contributed by atoms with Crippen molar-refractivity contribution in [1.82, 2.24) is 25.7 Å².